The van der Waals surface area contributed by atoms with E-state index < -0.39 is 12.1 Å². The number of rotatable bonds is 8. The van der Waals surface area contributed by atoms with Gasteiger partial charge in [-0.3, -0.25) is 9.59 Å². The minimum Gasteiger partial charge on any atom is -0.453 e. The smallest absolute Gasteiger partial charge is 0.307 e. The van der Waals surface area contributed by atoms with Gasteiger partial charge in [-0.25, -0.2) is 0 Å². The van der Waals surface area contributed by atoms with E-state index in [1.165, 1.54) is 6.92 Å². The molecule has 0 spiro atoms. The first kappa shape index (κ1) is 18.7. The predicted octanol–water partition coefficient (Wildman–Crippen LogP) is 2.56. The van der Waals surface area contributed by atoms with Gasteiger partial charge in [0.15, 0.2) is 6.10 Å². The van der Waals surface area contributed by atoms with Crippen molar-refractivity contribution in [3.63, 3.8) is 0 Å². The molecule has 2 rings (SSSR count). The largest absolute Gasteiger partial charge is 0.453 e. The highest BCUT2D eigenvalue weighted by Crippen LogP contribution is 2.19. The van der Waals surface area contributed by atoms with Crippen LogP contribution in [0.15, 0.2) is 41.4 Å². The first-order chi connectivity index (χ1) is 12.0. The third kappa shape index (κ3) is 5.72. The van der Waals surface area contributed by atoms with Gasteiger partial charge in [0.2, 0.25) is 11.7 Å². The summed E-state index contributed by atoms with van der Waals surface area (Å²) in [6.45, 7) is 5.31. The average Bonchev–Trinajstić information content (AvgIpc) is 3.07. The first-order valence-electron chi connectivity index (χ1n) is 7.66. The number of esters is 1. The molecule has 0 fully saturated rings. The van der Waals surface area contributed by atoms with Crippen LogP contribution >= 0.6 is 11.6 Å². The van der Waals surface area contributed by atoms with Crippen LogP contribution in [0.1, 0.15) is 19.2 Å². The molecule has 0 saturated heterocycles. The molecule has 1 atom stereocenters. The fraction of sp³-hybridized carbons (Fsp3) is 0.294. The Morgan fingerprint density at radius 3 is 2.80 bits per heavy atom. The molecule has 1 N–H and O–H groups in total. The number of amides is 1. The van der Waals surface area contributed by atoms with Crippen LogP contribution in [0.25, 0.3) is 11.4 Å². The van der Waals surface area contributed by atoms with E-state index in [1.54, 1.807) is 30.3 Å². The average molecular weight is 364 g/mol. The number of aryl methyl sites for hydroxylation is 1. The van der Waals surface area contributed by atoms with Crippen LogP contribution in [0.4, 0.5) is 0 Å². The number of ether oxygens (including phenoxy) is 1. The number of nitrogens with one attached hydrogen (secondary N) is 1. The Labute approximate surface area is 150 Å². The highest BCUT2D eigenvalue weighted by atomic mass is 35.5. The van der Waals surface area contributed by atoms with Crippen molar-refractivity contribution < 1.29 is 18.8 Å². The molecule has 0 aliphatic heterocycles. The van der Waals surface area contributed by atoms with Gasteiger partial charge in [0.25, 0.3) is 5.91 Å². The molecule has 0 saturated carbocycles. The highest BCUT2D eigenvalue weighted by molar-refractivity contribution is 6.30. The zero-order valence-corrected chi connectivity index (χ0v) is 14.5. The van der Waals surface area contributed by atoms with E-state index in [0.717, 1.165) is 5.56 Å². The number of carbonyl (C=O) groups is 2. The second kappa shape index (κ2) is 8.98. The molecule has 0 aliphatic rings. The molecule has 0 aliphatic carbocycles. The Bertz CT molecular complexity index is 743. The first-order valence-corrected chi connectivity index (χ1v) is 8.04. The van der Waals surface area contributed by atoms with Crippen LogP contribution in [-0.4, -0.2) is 34.7 Å². The summed E-state index contributed by atoms with van der Waals surface area (Å²) in [4.78, 5) is 27.6. The molecule has 2 aromatic rings. The lowest BCUT2D eigenvalue weighted by Gasteiger charge is -2.12. The number of hydrogen-bond donors (Lipinski definition) is 1. The van der Waals surface area contributed by atoms with Gasteiger partial charge in [-0.05, 0) is 31.2 Å². The minimum absolute atomic E-state index is 0.0291. The number of halogens is 1. The number of hydrogen-bond acceptors (Lipinski definition) is 6. The lowest BCUT2D eigenvalue weighted by molar-refractivity contribution is -0.154. The standard InChI is InChI=1S/C17H18ClN3O4/c1-3-10-19-17(23)11(2)24-15(22)9-8-14-20-16(21-25-14)12-4-6-13(18)7-5-12/h3-7,11H,1,8-10H2,2H3,(H,19,23)/t11-/m0/s1. The van der Waals surface area contributed by atoms with Crippen molar-refractivity contribution in [2.45, 2.75) is 25.9 Å². The summed E-state index contributed by atoms with van der Waals surface area (Å²) in [5.41, 5.74) is 0.759. The normalized spacial score (nSPS) is 11.6. The third-order valence-electron chi connectivity index (χ3n) is 3.21. The third-order valence-corrected chi connectivity index (χ3v) is 3.46. The lowest BCUT2D eigenvalue weighted by Crippen LogP contribution is -2.35. The summed E-state index contributed by atoms with van der Waals surface area (Å²) in [6.07, 6.45) is 0.918. The second-order valence-electron chi connectivity index (χ2n) is 5.18. The molecule has 8 heteroatoms. The topological polar surface area (TPSA) is 94.3 Å². The maximum Gasteiger partial charge on any atom is 0.307 e. The zero-order valence-electron chi connectivity index (χ0n) is 13.7. The van der Waals surface area contributed by atoms with Crippen LogP contribution < -0.4 is 5.32 Å². The Morgan fingerprint density at radius 2 is 2.12 bits per heavy atom. The molecule has 0 unspecified atom stereocenters. The van der Waals surface area contributed by atoms with Crippen molar-refractivity contribution in [1.82, 2.24) is 15.5 Å². The van der Waals surface area contributed by atoms with Gasteiger partial charge in [0.05, 0.1) is 6.42 Å². The highest BCUT2D eigenvalue weighted by Gasteiger charge is 2.18. The molecule has 25 heavy (non-hydrogen) atoms. The van der Waals surface area contributed by atoms with Gasteiger partial charge in [0, 0.05) is 23.6 Å². The SMILES string of the molecule is C=CCNC(=O)[C@H](C)OC(=O)CCc1nc(-c2ccc(Cl)cc2)no1. The molecule has 1 aromatic carbocycles. The van der Waals surface area contributed by atoms with Gasteiger partial charge in [-0.2, -0.15) is 4.98 Å². The molecule has 1 heterocycles. The number of benzene rings is 1. The number of nitrogens with zero attached hydrogens (tertiary/aromatic N) is 2. The minimum atomic E-state index is -0.875. The zero-order chi connectivity index (χ0) is 18.2. The summed E-state index contributed by atoms with van der Waals surface area (Å²) >= 11 is 5.83. The van der Waals surface area contributed by atoms with Gasteiger partial charge in [0.1, 0.15) is 0 Å². The number of carbonyl (C=O) groups excluding carboxylic acids is 2. The maximum absolute atomic E-state index is 11.8. The quantitative estimate of drug-likeness (QED) is 0.572. The van der Waals surface area contributed by atoms with Crippen LogP contribution in [0.5, 0.6) is 0 Å². The predicted molar refractivity (Wildman–Crippen MR) is 91.8 cm³/mol. The van der Waals surface area contributed by atoms with Crippen molar-refractivity contribution in [1.29, 1.82) is 0 Å². The second-order valence-corrected chi connectivity index (χ2v) is 5.62. The van der Waals surface area contributed by atoms with E-state index in [1.807, 2.05) is 0 Å². The Hall–Kier alpha value is -2.67. The van der Waals surface area contributed by atoms with Crippen molar-refractivity contribution in [3.8, 4) is 11.4 Å². The molecule has 1 aromatic heterocycles. The van der Waals surface area contributed by atoms with Gasteiger partial charge < -0.3 is 14.6 Å². The van der Waals surface area contributed by atoms with Crippen LogP contribution in [-0.2, 0) is 20.7 Å². The molecular weight excluding hydrogens is 346 g/mol. The molecule has 1 amide bonds. The fourth-order valence-corrected chi connectivity index (χ4v) is 2.03. The van der Waals surface area contributed by atoms with Gasteiger partial charge >= 0.3 is 5.97 Å². The summed E-state index contributed by atoms with van der Waals surface area (Å²) in [7, 11) is 0. The Kier molecular flexibility index (Phi) is 6.71. The van der Waals surface area contributed by atoms with E-state index in [0.29, 0.717) is 23.3 Å². The summed E-state index contributed by atoms with van der Waals surface area (Å²) in [5.74, 6) is -0.175. The molecule has 0 bridgehead atoms. The summed E-state index contributed by atoms with van der Waals surface area (Å²) in [6, 6.07) is 7.00. The van der Waals surface area contributed by atoms with Crippen LogP contribution in [0.2, 0.25) is 5.02 Å². The van der Waals surface area contributed by atoms with Crippen LogP contribution in [0, 0.1) is 0 Å². The summed E-state index contributed by atoms with van der Waals surface area (Å²) in [5, 5.41) is 7.03. The Morgan fingerprint density at radius 1 is 1.40 bits per heavy atom. The van der Waals surface area contributed by atoms with Crippen molar-refractivity contribution in [3.05, 3.63) is 47.8 Å². The lowest BCUT2D eigenvalue weighted by atomic mass is 10.2. The monoisotopic (exact) mass is 363 g/mol. The van der Waals surface area contributed by atoms with Crippen molar-refractivity contribution in [2.24, 2.45) is 0 Å². The molecule has 0 radical (unpaired) electrons. The maximum atomic E-state index is 11.8. The molecular formula is C17H18ClN3O4. The number of aromatic nitrogens is 2. The van der Waals surface area contributed by atoms with E-state index >= 15 is 0 Å². The van der Waals surface area contributed by atoms with E-state index in [4.69, 9.17) is 20.9 Å². The summed E-state index contributed by atoms with van der Waals surface area (Å²) < 4.78 is 10.2. The van der Waals surface area contributed by atoms with Crippen LogP contribution in [0.3, 0.4) is 0 Å². The van der Waals surface area contributed by atoms with Crippen molar-refractivity contribution >= 4 is 23.5 Å². The van der Waals surface area contributed by atoms with E-state index in [-0.39, 0.29) is 18.7 Å². The van der Waals surface area contributed by atoms with Crippen molar-refractivity contribution in [2.75, 3.05) is 6.54 Å². The van der Waals surface area contributed by atoms with E-state index in [9.17, 15) is 9.59 Å². The Balaban J connectivity index is 1.83. The van der Waals surface area contributed by atoms with Gasteiger partial charge in [-0.1, -0.05) is 22.8 Å². The van der Waals surface area contributed by atoms with Gasteiger partial charge in [-0.15, -0.1) is 6.58 Å². The fourth-order valence-electron chi connectivity index (χ4n) is 1.91. The van der Waals surface area contributed by atoms with E-state index in [2.05, 4.69) is 22.0 Å². The molecule has 7 nitrogen and oxygen atoms in total. The molecule has 132 valence electrons.